The molecule has 0 bridgehead atoms. The number of halogens is 1. The molecule has 2 unspecified atom stereocenters. The molecule has 7 heteroatoms. The predicted molar refractivity (Wildman–Crippen MR) is 79.6 cm³/mol. The minimum absolute atomic E-state index is 0.00455. The third kappa shape index (κ3) is 3.13. The number of nitrogens with zero attached hydrogens (tertiary/aromatic N) is 1. The smallest absolute Gasteiger partial charge is 0.409 e. The van der Waals surface area contributed by atoms with Crippen LogP contribution >= 0.6 is 0 Å². The van der Waals surface area contributed by atoms with E-state index >= 15 is 0 Å². The van der Waals surface area contributed by atoms with Crippen molar-refractivity contribution >= 4 is 6.09 Å². The number of methoxy groups -OCH3 is 1. The monoisotopic (exact) mass is 320 g/mol. The van der Waals surface area contributed by atoms with Gasteiger partial charge in [0, 0.05) is 18.5 Å². The van der Waals surface area contributed by atoms with Crippen LogP contribution in [0.3, 0.4) is 0 Å². The van der Waals surface area contributed by atoms with Crippen molar-refractivity contribution in [1.29, 1.82) is 0 Å². The molecule has 6 nitrogen and oxygen atoms in total. The number of likely N-dealkylation sites (tertiary alicyclic amines) is 1. The molecule has 0 radical (unpaired) electrons. The van der Waals surface area contributed by atoms with Crippen LogP contribution < -0.4 is 5.56 Å². The number of nitrogens with one attached hydrogen (secondary N) is 1. The second kappa shape index (κ2) is 6.28. The highest BCUT2D eigenvalue weighted by molar-refractivity contribution is 5.68. The molecule has 0 aliphatic carbocycles. The number of benzene rings is 1. The number of H-pyrrole nitrogens is 1. The fourth-order valence-electron chi connectivity index (χ4n) is 3.06. The molecular formula is C16H17FN2O4. The first kappa shape index (κ1) is 15.3. The maximum atomic E-state index is 13.2. The number of amides is 1. The van der Waals surface area contributed by atoms with Gasteiger partial charge in [0.1, 0.15) is 11.6 Å². The minimum atomic E-state index is -0.423. The van der Waals surface area contributed by atoms with Crippen LogP contribution in [0, 0.1) is 5.82 Å². The molecule has 1 aromatic heterocycles. The minimum Gasteiger partial charge on any atom is -0.453 e. The molecule has 1 aliphatic heterocycles. The van der Waals surface area contributed by atoms with Crippen LogP contribution in [0.2, 0.25) is 0 Å². The summed E-state index contributed by atoms with van der Waals surface area (Å²) in [6, 6.07) is 7.22. The van der Waals surface area contributed by atoms with Crippen LogP contribution in [-0.4, -0.2) is 29.8 Å². The molecule has 23 heavy (non-hydrogen) atoms. The van der Waals surface area contributed by atoms with E-state index in [-0.39, 0.29) is 23.3 Å². The van der Waals surface area contributed by atoms with E-state index in [1.807, 2.05) is 0 Å². The molecule has 2 aromatic rings. The van der Waals surface area contributed by atoms with Crippen LogP contribution in [0.5, 0.6) is 0 Å². The molecule has 1 aliphatic rings. The maximum absolute atomic E-state index is 13.2. The van der Waals surface area contributed by atoms with Crippen molar-refractivity contribution in [3.8, 4) is 0 Å². The van der Waals surface area contributed by atoms with Gasteiger partial charge in [-0.2, -0.15) is 5.16 Å². The van der Waals surface area contributed by atoms with Gasteiger partial charge in [-0.25, -0.2) is 9.18 Å². The van der Waals surface area contributed by atoms with Crippen molar-refractivity contribution in [2.45, 2.75) is 24.8 Å². The van der Waals surface area contributed by atoms with Gasteiger partial charge in [0.05, 0.1) is 13.2 Å². The van der Waals surface area contributed by atoms with Gasteiger partial charge in [0.25, 0.3) is 5.56 Å². The number of ether oxygens (including phenoxy) is 1. The van der Waals surface area contributed by atoms with Crippen LogP contribution in [0.4, 0.5) is 9.18 Å². The summed E-state index contributed by atoms with van der Waals surface area (Å²) in [5.74, 6) is 0.249. The second-order valence-corrected chi connectivity index (χ2v) is 5.57. The van der Waals surface area contributed by atoms with Gasteiger partial charge in [-0.05, 0) is 30.5 Å². The molecule has 122 valence electrons. The van der Waals surface area contributed by atoms with E-state index in [1.165, 1.54) is 25.3 Å². The van der Waals surface area contributed by atoms with Gasteiger partial charge in [-0.1, -0.05) is 12.1 Å². The zero-order valence-corrected chi connectivity index (χ0v) is 12.6. The molecule has 1 N–H and O–H groups in total. The van der Waals surface area contributed by atoms with Crippen molar-refractivity contribution in [1.82, 2.24) is 10.1 Å². The van der Waals surface area contributed by atoms with E-state index in [0.717, 1.165) is 5.56 Å². The summed E-state index contributed by atoms with van der Waals surface area (Å²) in [5, 5.41) is 2.29. The van der Waals surface area contributed by atoms with Gasteiger partial charge in [0.15, 0.2) is 0 Å². The number of hydrogen-bond donors (Lipinski definition) is 1. The molecule has 3 rings (SSSR count). The maximum Gasteiger partial charge on any atom is 0.409 e. The molecule has 1 fully saturated rings. The lowest BCUT2D eigenvalue weighted by Gasteiger charge is -2.38. The number of rotatable bonds is 2. The third-order valence-corrected chi connectivity index (χ3v) is 4.21. The first-order chi connectivity index (χ1) is 11.1. The van der Waals surface area contributed by atoms with E-state index in [0.29, 0.717) is 25.1 Å². The lowest BCUT2D eigenvalue weighted by Crippen LogP contribution is -2.40. The number of piperidine rings is 1. The van der Waals surface area contributed by atoms with Gasteiger partial charge in [-0.15, -0.1) is 0 Å². The lowest BCUT2D eigenvalue weighted by molar-refractivity contribution is 0.0815. The summed E-state index contributed by atoms with van der Waals surface area (Å²) < 4.78 is 23.2. The molecule has 2 heterocycles. The molecule has 1 saturated heterocycles. The first-order valence-corrected chi connectivity index (χ1v) is 7.37. The normalized spacial score (nSPS) is 21.2. The summed E-state index contributed by atoms with van der Waals surface area (Å²) >= 11 is 0. The van der Waals surface area contributed by atoms with Crippen molar-refractivity contribution in [3.63, 3.8) is 0 Å². The average molecular weight is 320 g/mol. The quantitative estimate of drug-likeness (QED) is 0.923. The number of carbonyl (C=O) groups is 1. The van der Waals surface area contributed by atoms with Crippen LogP contribution in [-0.2, 0) is 4.74 Å². The zero-order chi connectivity index (χ0) is 16.4. The van der Waals surface area contributed by atoms with E-state index in [9.17, 15) is 14.0 Å². The number of aromatic nitrogens is 1. The zero-order valence-electron chi connectivity index (χ0n) is 12.6. The van der Waals surface area contributed by atoms with Gasteiger partial charge in [0.2, 0.25) is 0 Å². The summed E-state index contributed by atoms with van der Waals surface area (Å²) in [4.78, 5) is 24.9. The van der Waals surface area contributed by atoms with E-state index in [1.54, 1.807) is 17.0 Å². The predicted octanol–water partition coefficient (Wildman–Crippen LogP) is 2.79. The first-order valence-electron chi connectivity index (χ1n) is 7.37. The van der Waals surface area contributed by atoms with Crippen LogP contribution in [0.1, 0.15) is 36.1 Å². The van der Waals surface area contributed by atoms with E-state index in [2.05, 4.69) is 5.16 Å². The van der Waals surface area contributed by atoms with Crippen molar-refractivity contribution in [2.24, 2.45) is 0 Å². The molecule has 1 amide bonds. The molecule has 0 saturated carbocycles. The number of carbonyl (C=O) groups excluding carboxylic acids is 1. The summed E-state index contributed by atoms with van der Waals surface area (Å²) in [6.45, 7) is 0.467. The standard InChI is InChI=1S/C16H17FN2O4/c1-22-16(21)19-7-6-11(14-9-15(20)18-23-14)8-13(19)10-2-4-12(17)5-3-10/h2-5,9,11,13H,6-8H2,1H3,(H,18,20). The fourth-order valence-corrected chi connectivity index (χ4v) is 3.06. The summed E-state index contributed by atoms with van der Waals surface area (Å²) in [6.07, 6.45) is 0.808. The Bertz CT molecular complexity index is 737. The Balaban J connectivity index is 1.89. The third-order valence-electron chi connectivity index (χ3n) is 4.21. The SMILES string of the molecule is COC(=O)N1CCC(c2cc(=O)[nH]o2)CC1c1ccc(F)cc1. The number of hydrogen-bond acceptors (Lipinski definition) is 4. The Morgan fingerprint density at radius 3 is 2.74 bits per heavy atom. The highest BCUT2D eigenvalue weighted by Crippen LogP contribution is 2.39. The largest absolute Gasteiger partial charge is 0.453 e. The Morgan fingerprint density at radius 1 is 1.39 bits per heavy atom. The average Bonchev–Trinajstić information content (AvgIpc) is 3.01. The Hall–Kier alpha value is -2.57. The van der Waals surface area contributed by atoms with Gasteiger partial charge < -0.3 is 14.2 Å². The van der Waals surface area contributed by atoms with E-state index < -0.39 is 6.09 Å². The van der Waals surface area contributed by atoms with Crippen molar-refractivity contribution in [3.05, 3.63) is 57.8 Å². The van der Waals surface area contributed by atoms with Crippen LogP contribution in [0.15, 0.2) is 39.6 Å². The summed E-state index contributed by atoms with van der Waals surface area (Å²) in [7, 11) is 1.33. The van der Waals surface area contributed by atoms with Gasteiger partial charge in [-0.3, -0.25) is 4.79 Å². The van der Waals surface area contributed by atoms with Gasteiger partial charge >= 0.3 is 6.09 Å². The van der Waals surface area contributed by atoms with Crippen LogP contribution in [0.25, 0.3) is 0 Å². The Kier molecular flexibility index (Phi) is 4.18. The molecule has 0 spiro atoms. The fraction of sp³-hybridized carbons (Fsp3) is 0.375. The summed E-state index contributed by atoms with van der Waals surface area (Å²) in [5.41, 5.74) is 0.535. The molecule has 1 aromatic carbocycles. The number of aromatic amines is 1. The lowest BCUT2D eigenvalue weighted by atomic mass is 9.86. The van der Waals surface area contributed by atoms with Crippen molar-refractivity contribution < 1.29 is 18.4 Å². The van der Waals surface area contributed by atoms with E-state index in [4.69, 9.17) is 9.26 Å². The highest BCUT2D eigenvalue weighted by Gasteiger charge is 2.35. The topological polar surface area (TPSA) is 75.5 Å². The Morgan fingerprint density at radius 2 is 2.13 bits per heavy atom. The van der Waals surface area contributed by atoms with Crippen molar-refractivity contribution in [2.75, 3.05) is 13.7 Å². The molecule has 2 atom stereocenters. The Labute approximate surface area is 131 Å². The second-order valence-electron chi connectivity index (χ2n) is 5.57. The highest BCUT2D eigenvalue weighted by atomic mass is 19.1. The molecular weight excluding hydrogens is 303 g/mol.